The van der Waals surface area contributed by atoms with Gasteiger partial charge in [0.15, 0.2) is 0 Å². The number of benzene rings is 3. The lowest BCUT2D eigenvalue weighted by Crippen LogP contribution is -2.37. The van der Waals surface area contributed by atoms with E-state index in [9.17, 15) is 26.4 Å². The maximum Gasteiger partial charge on any atom is 0.270 e. The fourth-order valence-corrected chi connectivity index (χ4v) is 7.34. The van der Waals surface area contributed by atoms with Gasteiger partial charge in [-0.05, 0) is 44.2 Å². The molecule has 0 unspecified atom stereocenters. The molecule has 0 saturated carbocycles. The molecule has 0 N–H and O–H groups in total. The number of hydrogen-bond donors (Lipinski definition) is 0. The summed E-state index contributed by atoms with van der Waals surface area (Å²) in [6.07, 6.45) is 0. The van der Waals surface area contributed by atoms with Crippen molar-refractivity contribution in [3.05, 3.63) is 80.8 Å². The normalized spacial score (nSPS) is 11.8. The van der Waals surface area contributed by atoms with Crippen LogP contribution in [0.2, 0.25) is 15.1 Å². The molecule has 0 aliphatic carbocycles. The number of amides is 2. The van der Waals surface area contributed by atoms with Crippen molar-refractivity contribution < 1.29 is 26.4 Å². The minimum Gasteiger partial charge on any atom is -0.274 e. The molecule has 0 heterocycles. The number of anilines is 2. The molecule has 0 saturated heterocycles. The maximum absolute atomic E-state index is 13.4. The third-order valence-electron chi connectivity index (χ3n) is 5.23. The fourth-order valence-electron chi connectivity index (χ4n) is 3.45. The largest absolute Gasteiger partial charge is 0.274 e. The first-order chi connectivity index (χ1) is 17.1. The van der Waals surface area contributed by atoms with Crippen LogP contribution in [0.1, 0.15) is 25.0 Å². The third kappa shape index (κ3) is 5.49. The summed E-state index contributed by atoms with van der Waals surface area (Å²) in [5, 5.41) is -1.47. The number of halogens is 3. The van der Waals surface area contributed by atoms with Gasteiger partial charge in [0.2, 0.25) is 11.8 Å². The molecule has 37 heavy (non-hydrogen) atoms. The molecule has 0 bridgehead atoms. The van der Waals surface area contributed by atoms with Crippen molar-refractivity contribution in [1.29, 1.82) is 0 Å². The van der Waals surface area contributed by atoms with Crippen LogP contribution >= 0.6 is 34.8 Å². The highest BCUT2D eigenvalue weighted by Crippen LogP contribution is 2.47. The van der Waals surface area contributed by atoms with Crippen LogP contribution in [0.4, 0.5) is 11.4 Å². The number of nitrogens with zero attached hydrogens (tertiary/aromatic N) is 2. The van der Waals surface area contributed by atoms with Crippen LogP contribution in [-0.4, -0.2) is 28.6 Å². The predicted molar refractivity (Wildman–Crippen MR) is 145 cm³/mol. The Hall–Kier alpha value is -2.63. The molecule has 196 valence electrons. The van der Waals surface area contributed by atoms with Crippen molar-refractivity contribution in [3.63, 3.8) is 0 Å². The number of sulfonamides is 2. The van der Waals surface area contributed by atoms with Crippen LogP contribution in [0, 0.1) is 13.8 Å². The Labute approximate surface area is 230 Å². The van der Waals surface area contributed by atoms with Gasteiger partial charge in [-0.2, -0.15) is 4.31 Å². The van der Waals surface area contributed by atoms with Crippen LogP contribution in [-0.2, 0) is 29.6 Å². The van der Waals surface area contributed by atoms with Crippen molar-refractivity contribution in [2.75, 3.05) is 8.61 Å². The number of hydrogen-bond acceptors (Lipinski definition) is 6. The summed E-state index contributed by atoms with van der Waals surface area (Å²) in [4.78, 5) is 24.7. The molecular formula is C24H21Cl3N2O6S2. The fraction of sp³-hybridized carbons (Fsp3) is 0.167. The summed E-state index contributed by atoms with van der Waals surface area (Å²) < 4.78 is 54.3. The van der Waals surface area contributed by atoms with Crippen molar-refractivity contribution in [2.24, 2.45) is 0 Å². The van der Waals surface area contributed by atoms with Crippen LogP contribution in [0.5, 0.6) is 0 Å². The smallest absolute Gasteiger partial charge is 0.270 e. The van der Waals surface area contributed by atoms with Crippen molar-refractivity contribution >= 4 is 78.0 Å². The Bertz CT molecular complexity index is 1610. The van der Waals surface area contributed by atoms with E-state index < -0.39 is 58.3 Å². The van der Waals surface area contributed by atoms with Gasteiger partial charge < -0.3 is 0 Å². The van der Waals surface area contributed by atoms with Crippen LogP contribution in [0.3, 0.4) is 0 Å². The van der Waals surface area contributed by atoms with Gasteiger partial charge in [-0.15, -0.1) is 0 Å². The average molecular weight is 604 g/mol. The van der Waals surface area contributed by atoms with Gasteiger partial charge >= 0.3 is 0 Å². The molecule has 3 rings (SSSR count). The lowest BCUT2D eigenvalue weighted by atomic mass is 10.2. The summed E-state index contributed by atoms with van der Waals surface area (Å²) in [6, 6.07) is 12.4. The Morgan fingerprint density at radius 3 is 1.41 bits per heavy atom. The lowest BCUT2D eigenvalue weighted by Gasteiger charge is -2.27. The van der Waals surface area contributed by atoms with Gasteiger partial charge in [-0.3, -0.25) is 9.59 Å². The van der Waals surface area contributed by atoms with Gasteiger partial charge in [-0.1, -0.05) is 70.2 Å². The van der Waals surface area contributed by atoms with Gasteiger partial charge in [0.05, 0.1) is 36.2 Å². The summed E-state index contributed by atoms with van der Waals surface area (Å²) in [6.45, 7) is 5.52. The predicted octanol–water partition coefficient (Wildman–Crippen LogP) is 5.75. The second kappa shape index (κ2) is 10.6. The van der Waals surface area contributed by atoms with E-state index in [0.717, 1.165) is 31.0 Å². The highest BCUT2D eigenvalue weighted by Gasteiger charge is 2.37. The second-order valence-electron chi connectivity index (χ2n) is 8.06. The molecule has 0 aliphatic rings. The van der Waals surface area contributed by atoms with E-state index >= 15 is 0 Å². The zero-order valence-corrected chi connectivity index (χ0v) is 23.9. The molecular weight excluding hydrogens is 583 g/mol. The van der Waals surface area contributed by atoms with E-state index in [4.69, 9.17) is 34.8 Å². The maximum atomic E-state index is 13.4. The van der Waals surface area contributed by atoms with Crippen molar-refractivity contribution in [1.82, 2.24) is 0 Å². The summed E-state index contributed by atoms with van der Waals surface area (Å²) in [5.74, 6) is -1.89. The summed E-state index contributed by atoms with van der Waals surface area (Å²) in [7, 11) is -8.97. The molecule has 13 heteroatoms. The van der Waals surface area contributed by atoms with E-state index in [1.54, 1.807) is 38.1 Å². The zero-order chi connectivity index (χ0) is 27.9. The zero-order valence-electron chi connectivity index (χ0n) is 20.0. The highest BCUT2D eigenvalue weighted by molar-refractivity contribution is 7.94. The van der Waals surface area contributed by atoms with Crippen LogP contribution < -0.4 is 8.61 Å². The molecule has 0 fully saturated rings. The highest BCUT2D eigenvalue weighted by atomic mass is 35.5. The monoisotopic (exact) mass is 602 g/mol. The Morgan fingerprint density at radius 2 is 1.03 bits per heavy atom. The van der Waals surface area contributed by atoms with Gasteiger partial charge in [0, 0.05) is 13.8 Å². The molecule has 2 amide bonds. The lowest BCUT2D eigenvalue weighted by molar-refractivity contribution is -0.116. The third-order valence-corrected chi connectivity index (χ3v) is 9.95. The first-order valence-electron chi connectivity index (χ1n) is 10.5. The molecule has 0 radical (unpaired) electrons. The number of carbonyl (C=O) groups is 2. The average Bonchev–Trinajstić information content (AvgIpc) is 2.79. The molecule has 8 nitrogen and oxygen atoms in total. The topological polar surface area (TPSA) is 109 Å². The first kappa shape index (κ1) is 28.9. The van der Waals surface area contributed by atoms with Crippen molar-refractivity contribution in [2.45, 2.75) is 37.5 Å². The minimum atomic E-state index is -4.50. The Balaban J connectivity index is 2.25. The van der Waals surface area contributed by atoms with E-state index in [0.29, 0.717) is 8.61 Å². The molecule has 0 aliphatic heterocycles. The molecule has 0 atom stereocenters. The van der Waals surface area contributed by atoms with Crippen molar-refractivity contribution in [3.8, 4) is 0 Å². The van der Waals surface area contributed by atoms with Crippen LogP contribution in [0.15, 0.2) is 64.4 Å². The van der Waals surface area contributed by atoms with Gasteiger partial charge in [-0.25, -0.2) is 21.1 Å². The minimum absolute atomic E-state index is 0.201. The first-order valence-corrected chi connectivity index (χ1v) is 14.5. The molecule has 3 aromatic carbocycles. The number of rotatable bonds is 6. The SMILES string of the molecule is CC(=O)N(c1cc(Cl)c(N(C(C)=O)S(=O)(=O)c2ccc(C)cc2)c(Cl)c1Cl)S(=O)(=O)c1ccc(C)cc1. The van der Waals surface area contributed by atoms with E-state index in [-0.39, 0.29) is 9.79 Å². The number of aryl methyl sites for hydroxylation is 2. The summed E-state index contributed by atoms with van der Waals surface area (Å²) >= 11 is 19.2. The molecule has 3 aromatic rings. The standard InChI is InChI=1S/C24H21Cl3N2O6S2/c1-14-5-9-18(10-6-14)36(32,33)28(16(3)30)21-13-20(25)24(23(27)22(21)26)29(17(4)31)37(34,35)19-11-7-15(2)8-12-19/h5-13H,1-4H3. The quantitative estimate of drug-likeness (QED) is 0.332. The molecule has 0 spiro atoms. The van der Waals surface area contributed by atoms with E-state index in [2.05, 4.69) is 0 Å². The second-order valence-corrected chi connectivity index (χ2v) is 12.8. The molecule has 0 aromatic heterocycles. The number of carbonyl (C=O) groups excluding carboxylic acids is 2. The van der Waals surface area contributed by atoms with E-state index in [1.807, 2.05) is 0 Å². The Kier molecular flexibility index (Phi) is 8.31. The summed E-state index contributed by atoms with van der Waals surface area (Å²) in [5.41, 5.74) is 0.683. The Morgan fingerprint density at radius 1 is 0.649 bits per heavy atom. The van der Waals surface area contributed by atoms with Crippen LogP contribution in [0.25, 0.3) is 0 Å². The van der Waals surface area contributed by atoms with Gasteiger partial charge in [0.1, 0.15) is 0 Å². The van der Waals surface area contributed by atoms with Gasteiger partial charge in [0.25, 0.3) is 20.0 Å². The van der Waals surface area contributed by atoms with E-state index in [1.165, 1.54) is 24.3 Å².